The van der Waals surface area contributed by atoms with Crippen molar-refractivity contribution < 1.29 is 14.3 Å². The van der Waals surface area contributed by atoms with E-state index in [0.717, 1.165) is 6.42 Å². The number of esters is 1. The molecule has 1 aliphatic heterocycles. The van der Waals surface area contributed by atoms with Crippen LogP contribution in [0.15, 0.2) is 30.3 Å². The third kappa shape index (κ3) is 2.86. The monoisotopic (exact) mass is 234 g/mol. The smallest absolute Gasteiger partial charge is 0.338 e. The van der Waals surface area contributed by atoms with Gasteiger partial charge in [-0.3, -0.25) is 0 Å². The highest BCUT2D eigenvalue weighted by Gasteiger charge is 2.30. The SMILES string of the molecule is C[C@H]1[C@H](C)OCC[C@@H]1OC(=O)c1ccccc1. The van der Waals surface area contributed by atoms with Crippen molar-refractivity contribution in [1.29, 1.82) is 0 Å². The lowest BCUT2D eigenvalue weighted by Gasteiger charge is -2.33. The van der Waals surface area contributed by atoms with Gasteiger partial charge < -0.3 is 9.47 Å². The van der Waals surface area contributed by atoms with Gasteiger partial charge in [0.2, 0.25) is 0 Å². The number of hydrogen-bond acceptors (Lipinski definition) is 3. The van der Waals surface area contributed by atoms with Gasteiger partial charge in [-0.15, -0.1) is 0 Å². The van der Waals surface area contributed by atoms with Crippen molar-refractivity contribution in [3.63, 3.8) is 0 Å². The first-order valence-corrected chi connectivity index (χ1v) is 6.06. The van der Waals surface area contributed by atoms with E-state index in [1.165, 1.54) is 0 Å². The van der Waals surface area contributed by atoms with Crippen molar-refractivity contribution in [3.05, 3.63) is 35.9 Å². The molecule has 17 heavy (non-hydrogen) atoms. The first-order chi connectivity index (χ1) is 8.18. The second kappa shape index (κ2) is 5.32. The molecule has 1 fully saturated rings. The predicted molar refractivity (Wildman–Crippen MR) is 64.8 cm³/mol. The second-order valence-corrected chi connectivity index (χ2v) is 4.53. The van der Waals surface area contributed by atoms with Crippen LogP contribution in [0.2, 0.25) is 0 Å². The summed E-state index contributed by atoms with van der Waals surface area (Å²) in [5, 5.41) is 0. The molecule has 0 spiro atoms. The number of rotatable bonds is 2. The van der Waals surface area contributed by atoms with Crippen LogP contribution in [0.1, 0.15) is 30.6 Å². The molecule has 1 heterocycles. The van der Waals surface area contributed by atoms with E-state index in [1.807, 2.05) is 25.1 Å². The second-order valence-electron chi connectivity index (χ2n) is 4.53. The summed E-state index contributed by atoms with van der Waals surface area (Å²) in [6, 6.07) is 9.11. The Morgan fingerprint density at radius 2 is 2.00 bits per heavy atom. The van der Waals surface area contributed by atoms with Crippen LogP contribution in [0.25, 0.3) is 0 Å². The maximum Gasteiger partial charge on any atom is 0.338 e. The van der Waals surface area contributed by atoms with Gasteiger partial charge in [0.1, 0.15) is 6.10 Å². The Balaban J connectivity index is 1.99. The maximum absolute atomic E-state index is 11.9. The molecule has 1 aromatic rings. The number of ether oxygens (including phenoxy) is 2. The molecule has 3 heteroatoms. The maximum atomic E-state index is 11.9. The molecule has 92 valence electrons. The first kappa shape index (κ1) is 12.1. The number of carbonyl (C=O) groups is 1. The van der Waals surface area contributed by atoms with Crippen molar-refractivity contribution in [1.82, 2.24) is 0 Å². The van der Waals surface area contributed by atoms with E-state index in [1.54, 1.807) is 12.1 Å². The highest BCUT2D eigenvalue weighted by atomic mass is 16.6. The Morgan fingerprint density at radius 3 is 2.71 bits per heavy atom. The molecule has 1 aliphatic rings. The number of carbonyl (C=O) groups excluding carboxylic acids is 1. The van der Waals surface area contributed by atoms with E-state index in [4.69, 9.17) is 9.47 Å². The van der Waals surface area contributed by atoms with Gasteiger partial charge in [0.15, 0.2) is 0 Å². The molecule has 2 rings (SSSR count). The van der Waals surface area contributed by atoms with Gasteiger partial charge in [0, 0.05) is 12.3 Å². The summed E-state index contributed by atoms with van der Waals surface area (Å²) in [6.45, 7) is 4.75. The lowest BCUT2D eigenvalue weighted by Crippen LogP contribution is -2.39. The van der Waals surface area contributed by atoms with E-state index in [0.29, 0.717) is 12.2 Å². The Morgan fingerprint density at radius 1 is 1.29 bits per heavy atom. The summed E-state index contributed by atoms with van der Waals surface area (Å²) in [4.78, 5) is 11.9. The van der Waals surface area contributed by atoms with Gasteiger partial charge in [-0.1, -0.05) is 25.1 Å². The minimum Gasteiger partial charge on any atom is -0.458 e. The Bertz CT molecular complexity index is 374. The zero-order chi connectivity index (χ0) is 12.3. The summed E-state index contributed by atoms with van der Waals surface area (Å²) in [7, 11) is 0. The zero-order valence-electron chi connectivity index (χ0n) is 10.3. The van der Waals surface area contributed by atoms with Crippen molar-refractivity contribution in [2.24, 2.45) is 5.92 Å². The van der Waals surface area contributed by atoms with Crippen LogP contribution in [0.5, 0.6) is 0 Å². The summed E-state index contributed by atoms with van der Waals surface area (Å²) >= 11 is 0. The lowest BCUT2D eigenvalue weighted by molar-refractivity contribution is -0.0848. The largest absolute Gasteiger partial charge is 0.458 e. The fourth-order valence-electron chi connectivity index (χ4n) is 2.03. The Kier molecular flexibility index (Phi) is 3.79. The van der Waals surface area contributed by atoms with Crippen LogP contribution in [0.4, 0.5) is 0 Å². The minimum atomic E-state index is -0.239. The predicted octanol–water partition coefficient (Wildman–Crippen LogP) is 2.66. The van der Waals surface area contributed by atoms with E-state index in [-0.39, 0.29) is 24.1 Å². The lowest BCUT2D eigenvalue weighted by atomic mass is 9.94. The van der Waals surface area contributed by atoms with Gasteiger partial charge in [0.25, 0.3) is 0 Å². The average molecular weight is 234 g/mol. The Labute approximate surface area is 102 Å². The van der Waals surface area contributed by atoms with Gasteiger partial charge in [-0.2, -0.15) is 0 Å². The highest BCUT2D eigenvalue weighted by Crippen LogP contribution is 2.24. The molecule has 0 amide bonds. The van der Waals surface area contributed by atoms with Crippen LogP contribution in [-0.4, -0.2) is 24.8 Å². The molecular formula is C14H18O3. The zero-order valence-corrected chi connectivity index (χ0v) is 10.3. The minimum absolute atomic E-state index is 0.0357. The van der Waals surface area contributed by atoms with Gasteiger partial charge in [-0.05, 0) is 19.1 Å². The standard InChI is InChI=1S/C14H18O3/c1-10-11(2)16-9-8-13(10)17-14(15)12-6-4-3-5-7-12/h3-7,10-11,13H,8-9H2,1-2H3/t10-,11-,13-/m0/s1. The highest BCUT2D eigenvalue weighted by molar-refractivity contribution is 5.89. The van der Waals surface area contributed by atoms with Gasteiger partial charge in [-0.25, -0.2) is 4.79 Å². The quantitative estimate of drug-likeness (QED) is 0.738. The molecule has 0 aromatic heterocycles. The van der Waals surface area contributed by atoms with Crippen molar-refractivity contribution in [2.75, 3.05) is 6.61 Å². The molecule has 0 N–H and O–H groups in total. The molecule has 0 radical (unpaired) electrons. The van der Waals surface area contributed by atoms with Gasteiger partial charge >= 0.3 is 5.97 Å². The third-order valence-corrected chi connectivity index (χ3v) is 3.38. The molecule has 0 unspecified atom stereocenters. The molecule has 3 nitrogen and oxygen atoms in total. The van der Waals surface area contributed by atoms with E-state index >= 15 is 0 Å². The summed E-state index contributed by atoms with van der Waals surface area (Å²) in [5.74, 6) is 0.00737. The molecule has 0 aliphatic carbocycles. The summed E-state index contributed by atoms with van der Waals surface area (Å²) in [6.07, 6.45) is 0.896. The van der Waals surface area contributed by atoms with Crippen LogP contribution in [-0.2, 0) is 9.47 Å². The molecule has 1 aromatic carbocycles. The molecule has 1 saturated heterocycles. The fraction of sp³-hybridized carbons (Fsp3) is 0.500. The third-order valence-electron chi connectivity index (χ3n) is 3.38. The summed E-state index contributed by atoms with van der Waals surface area (Å²) < 4.78 is 11.1. The molecular weight excluding hydrogens is 216 g/mol. The topological polar surface area (TPSA) is 35.5 Å². The van der Waals surface area contributed by atoms with Crippen LogP contribution >= 0.6 is 0 Å². The van der Waals surface area contributed by atoms with Crippen LogP contribution in [0.3, 0.4) is 0 Å². The number of hydrogen-bond donors (Lipinski definition) is 0. The van der Waals surface area contributed by atoms with Crippen molar-refractivity contribution in [3.8, 4) is 0 Å². The Hall–Kier alpha value is -1.35. The van der Waals surface area contributed by atoms with E-state index in [2.05, 4.69) is 6.92 Å². The first-order valence-electron chi connectivity index (χ1n) is 6.06. The fourth-order valence-corrected chi connectivity index (χ4v) is 2.03. The van der Waals surface area contributed by atoms with E-state index in [9.17, 15) is 4.79 Å². The van der Waals surface area contributed by atoms with Crippen LogP contribution in [0, 0.1) is 5.92 Å². The molecule has 0 saturated carbocycles. The van der Waals surface area contributed by atoms with Crippen molar-refractivity contribution >= 4 is 5.97 Å². The van der Waals surface area contributed by atoms with E-state index < -0.39 is 0 Å². The van der Waals surface area contributed by atoms with Gasteiger partial charge in [0.05, 0.1) is 18.3 Å². The summed E-state index contributed by atoms with van der Waals surface area (Å²) in [5.41, 5.74) is 0.610. The number of benzene rings is 1. The normalized spacial score (nSPS) is 28.7. The molecule has 0 bridgehead atoms. The average Bonchev–Trinajstić information content (AvgIpc) is 2.36. The van der Waals surface area contributed by atoms with Crippen LogP contribution < -0.4 is 0 Å². The van der Waals surface area contributed by atoms with Crippen molar-refractivity contribution in [2.45, 2.75) is 32.5 Å². The molecule has 3 atom stereocenters.